The Balaban J connectivity index is 0.00000280. The van der Waals surface area contributed by atoms with Crippen molar-refractivity contribution in [3.05, 3.63) is 52.9 Å². The van der Waals surface area contributed by atoms with E-state index in [2.05, 4.69) is 59.6 Å². The van der Waals surface area contributed by atoms with Gasteiger partial charge >= 0.3 is 0 Å². The van der Waals surface area contributed by atoms with Gasteiger partial charge in [0.15, 0.2) is 5.96 Å². The monoisotopic (exact) mass is 496 g/mol. The third-order valence-electron chi connectivity index (χ3n) is 5.57. The molecule has 0 amide bonds. The van der Waals surface area contributed by atoms with E-state index in [0.29, 0.717) is 11.8 Å². The fourth-order valence-corrected chi connectivity index (χ4v) is 4.09. The van der Waals surface area contributed by atoms with E-state index in [0.717, 1.165) is 50.0 Å². The molecule has 1 aliphatic rings. The van der Waals surface area contributed by atoms with E-state index in [1.54, 1.807) is 0 Å². The van der Waals surface area contributed by atoms with Gasteiger partial charge in [-0.05, 0) is 51.0 Å². The number of nitrogens with one attached hydrogen (secondary N) is 1. The average molecular weight is 496 g/mol. The van der Waals surface area contributed by atoms with Crippen LogP contribution in [0.4, 0.5) is 0 Å². The third-order valence-corrected chi connectivity index (χ3v) is 5.57. The van der Waals surface area contributed by atoms with Crippen LogP contribution in [-0.2, 0) is 6.42 Å². The van der Waals surface area contributed by atoms with E-state index in [4.69, 9.17) is 9.52 Å². The van der Waals surface area contributed by atoms with Crippen LogP contribution in [0.3, 0.4) is 0 Å². The lowest BCUT2D eigenvalue weighted by Gasteiger charge is -2.39. The summed E-state index contributed by atoms with van der Waals surface area (Å²) in [6, 6.07) is 10.9. The van der Waals surface area contributed by atoms with E-state index in [1.165, 1.54) is 17.5 Å². The molecular weight excluding hydrogens is 463 g/mol. The SMILES string of the molecule is CCNC(=NCCc1c(C)noc1C)N1CCC(c2ccccc2)C(C)C1.I. The third kappa shape index (κ3) is 5.49. The predicted octanol–water partition coefficient (Wildman–Crippen LogP) is 4.54. The molecule has 1 saturated heterocycles. The number of piperidine rings is 1. The smallest absolute Gasteiger partial charge is 0.193 e. The second-order valence-electron chi connectivity index (χ2n) is 7.52. The average Bonchev–Trinajstić information content (AvgIpc) is 3.00. The summed E-state index contributed by atoms with van der Waals surface area (Å²) in [4.78, 5) is 7.31. The van der Waals surface area contributed by atoms with Crippen molar-refractivity contribution in [2.75, 3.05) is 26.2 Å². The molecule has 1 aromatic carbocycles. The van der Waals surface area contributed by atoms with Crippen LogP contribution in [0.5, 0.6) is 0 Å². The summed E-state index contributed by atoms with van der Waals surface area (Å²) in [7, 11) is 0. The first kappa shape index (κ1) is 22.7. The van der Waals surface area contributed by atoms with Gasteiger partial charge in [-0.1, -0.05) is 42.4 Å². The quantitative estimate of drug-likeness (QED) is 0.375. The summed E-state index contributed by atoms with van der Waals surface area (Å²) in [5, 5.41) is 7.51. The fraction of sp³-hybridized carbons (Fsp3) is 0.545. The minimum atomic E-state index is 0. The first-order valence-electron chi connectivity index (χ1n) is 10.1. The van der Waals surface area contributed by atoms with Crippen molar-refractivity contribution < 1.29 is 4.52 Å². The van der Waals surface area contributed by atoms with E-state index in [9.17, 15) is 0 Å². The van der Waals surface area contributed by atoms with Crippen molar-refractivity contribution in [3.8, 4) is 0 Å². The molecule has 0 spiro atoms. The number of guanidine groups is 1. The highest BCUT2D eigenvalue weighted by Crippen LogP contribution is 2.32. The normalized spacial score (nSPS) is 20.0. The lowest BCUT2D eigenvalue weighted by molar-refractivity contribution is 0.234. The number of aliphatic imine (C=N–C) groups is 1. The molecule has 0 aliphatic carbocycles. The highest BCUT2D eigenvalue weighted by atomic mass is 127. The largest absolute Gasteiger partial charge is 0.361 e. The lowest BCUT2D eigenvalue weighted by Crippen LogP contribution is -2.48. The van der Waals surface area contributed by atoms with Crippen LogP contribution in [0.2, 0.25) is 0 Å². The van der Waals surface area contributed by atoms with Gasteiger partial charge in [0.05, 0.1) is 5.69 Å². The summed E-state index contributed by atoms with van der Waals surface area (Å²) >= 11 is 0. The number of aromatic nitrogens is 1. The van der Waals surface area contributed by atoms with Crippen LogP contribution in [0, 0.1) is 19.8 Å². The lowest BCUT2D eigenvalue weighted by atomic mass is 9.82. The number of hydrogen-bond acceptors (Lipinski definition) is 3. The van der Waals surface area contributed by atoms with Crippen molar-refractivity contribution >= 4 is 29.9 Å². The molecule has 1 aliphatic heterocycles. The van der Waals surface area contributed by atoms with Crippen LogP contribution >= 0.6 is 24.0 Å². The molecule has 0 radical (unpaired) electrons. The molecule has 0 saturated carbocycles. The van der Waals surface area contributed by atoms with Gasteiger partial charge in [0, 0.05) is 31.7 Å². The van der Waals surface area contributed by atoms with Gasteiger partial charge in [-0.15, -0.1) is 24.0 Å². The minimum absolute atomic E-state index is 0. The first-order chi connectivity index (χ1) is 13.1. The Kier molecular flexibility index (Phi) is 8.79. The molecule has 6 heteroatoms. The van der Waals surface area contributed by atoms with Crippen molar-refractivity contribution in [3.63, 3.8) is 0 Å². The first-order valence-corrected chi connectivity index (χ1v) is 10.1. The number of hydrogen-bond donors (Lipinski definition) is 1. The zero-order valence-electron chi connectivity index (χ0n) is 17.4. The van der Waals surface area contributed by atoms with Gasteiger partial charge < -0.3 is 14.7 Å². The highest BCUT2D eigenvalue weighted by molar-refractivity contribution is 14.0. The maximum atomic E-state index is 5.26. The minimum Gasteiger partial charge on any atom is -0.361 e. The molecule has 1 N–H and O–H groups in total. The Morgan fingerprint density at radius 1 is 1.29 bits per heavy atom. The summed E-state index contributed by atoms with van der Waals surface area (Å²) in [5.41, 5.74) is 3.63. The fourth-order valence-electron chi connectivity index (χ4n) is 4.09. The number of halogens is 1. The molecular formula is C22H33IN4O. The van der Waals surface area contributed by atoms with Gasteiger partial charge in [-0.3, -0.25) is 4.99 Å². The van der Waals surface area contributed by atoms with Crippen LogP contribution in [0.15, 0.2) is 39.8 Å². The highest BCUT2D eigenvalue weighted by Gasteiger charge is 2.28. The van der Waals surface area contributed by atoms with E-state index >= 15 is 0 Å². The standard InChI is InChI=1S/C22H32N4O.HI/c1-5-23-22(24-13-11-21-17(3)25-27-18(21)4)26-14-12-20(16(2)15-26)19-9-7-6-8-10-19;/h6-10,16,20H,5,11-15H2,1-4H3,(H,23,24);1H. The summed E-state index contributed by atoms with van der Waals surface area (Å²) < 4.78 is 5.26. The van der Waals surface area contributed by atoms with E-state index in [-0.39, 0.29) is 24.0 Å². The van der Waals surface area contributed by atoms with Crippen LogP contribution < -0.4 is 5.32 Å². The number of nitrogens with zero attached hydrogens (tertiary/aromatic N) is 3. The van der Waals surface area contributed by atoms with Crippen molar-refractivity contribution in [2.45, 2.75) is 46.5 Å². The van der Waals surface area contributed by atoms with Crippen molar-refractivity contribution in [2.24, 2.45) is 10.9 Å². The number of likely N-dealkylation sites (tertiary alicyclic amines) is 1. The Labute approximate surface area is 186 Å². The van der Waals surface area contributed by atoms with Gasteiger partial charge in [-0.25, -0.2) is 0 Å². The predicted molar refractivity (Wildman–Crippen MR) is 126 cm³/mol. The zero-order chi connectivity index (χ0) is 19.2. The molecule has 2 unspecified atom stereocenters. The molecule has 1 fully saturated rings. The molecule has 28 heavy (non-hydrogen) atoms. The topological polar surface area (TPSA) is 53.7 Å². The second-order valence-corrected chi connectivity index (χ2v) is 7.52. The molecule has 2 heterocycles. The summed E-state index contributed by atoms with van der Waals surface area (Å²) in [6.45, 7) is 12.2. The summed E-state index contributed by atoms with van der Waals surface area (Å²) in [6.07, 6.45) is 2.03. The summed E-state index contributed by atoms with van der Waals surface area (Å²) in [5.74, 6) is 3.17. The maximum absolute atomic E-state index is 5.26. The van der Waals surface area contributed by atoms with Crippen LogP contribution in [0.25, 0.3) is 0 Å². The Morgan fingerprint density at radius 2 is 2.04 bits per heavy atom. The van der Waals surface area contributed by atoms with Gasteiger partial charge in [-0.2, -0.15) is 0 Å². The molecule has 3 rings (SSSR count). The molecule has 5 nitrogen and oxygen atoms in total. The Hall–Kier alpha value is -1.57. The van der Waals surface area contributed by atoms with Gasteiger partial charge in [0.25, 0.3) is 0 Å². The zero-order valence-corrected chi connectivity index (χ0v) is 19.8. The Bertz CT molecular complexity index is 740. The van der Waals surface area contributed by atoms with Gasteiger partial charge in [0.2, 0.25) is 0 Å². The van der Waals surface area contributed by atoms with Crippen molar-refractivity contribution in [1.29, 1.82) is 0 Å². The molecule has 0 bridgehead atoms. The van der Waals surface area contributed by atoms with E-state index < -0.39 is 0 Å². The number of rotatable bonds is 5. The molecule has 154 valence electrons. The van der Waals surface area contributed by atoms with Crippen LogP contribution in [0.1, 0.15) is 48.8 Å². The second kappa shape index (κ2) is 10.8. The molecule has 2 aromatic rings. The van der Waals surface area contributed by atoms with E-state index in [1.807, 2.05) is 13.8 Å². The van der Waals surface area contributed by atoms with Crippen molar-refractivity contribution in [1.82, 2.24) is 15.4 Å². The maximum Gasteiger partial charge on any atom is 0.193 e. The molecule has 1 aromatic heterocycles. The Morgan fingerprint density at radius 3 is 2.64 bits per heavy atom. The molecule has 2 atom stereocenters. The number of benzene rings is 1. The number of aryl methyl sites for hydroxylation is 2. The van der Waals surface area contributed by atoms with Crippen LogP contribution in [-0.4, -0.2) is 42.2 Å². The van der Waals surface area contributed by atoms with Gasteiger partial charge in [0.1, 0.15) is 5.76 Å².